The van der Waals surface area contributed by atoms with E-state index in [9.17, 15) is 4.79 Å². The largest absolute Gasteiger partial charge is 0.453 e. The van der Waals surface area contributed by atoms with Gasteiger partial charge in [-0.2, -0.15) is 0 Å². The highest BCUT2D eigenvalue weighted by Gasteiger charge is 2.31. The van der Waals surface area contributed by atoms with Crippen molar-refractivity contribution in [3.8, 4) is 21.9 Å². The van der Waals surface area contributed by atoms with Gasteiger partial charge < -0.3 is 9.64 Å². The molecule has 7 nitrogen and oxygen atoms in total. The second kappa shape index (κ2) is 11.8. The zero-order valence-corrected chi connectivity index (χ0v) is 24.8. The third-order valence-corrected chi connectivity index (χ3v) is 9.33. The normalized spacial score (nSPS) is 16.4. The zero-order chi connectivity index (χ0) is 29.3. The predicted molar refractivity (Wildman–Crippen MR) is 171 cm³/mol. The molecule has 9 heteroatoms. The molecule has 2 fully saturated rings. The van der Waals surface area contributed by atoms with Gasteiger partial charge in [-0.15, -0.1) is 11.3 Å². The van der Waals surface area contributed by atoms with Crippen LogP contribution in [0.25, 0.3) is 20.7 Å². The van der Waals surface area contributed by atoms with Gasteiger partial charge in [0.2, 0.25) is 0 Å². The highest BCUT2D eigenvalue weighted by atomic mass is 32.1. The van der Waals surface area contributed by atoms with Gasteiger partial charge in [0.1, 0.15) is 5.75 Å². The number of aromatic nitrogens is 1. The van der Waals surface area contributed by atoms with Crippen molar-refractivity contribution in [3.05, 3.63) is 103 Å². The summed E-state index contributed by atoms with van der Waals surface area (Å²) in [5.41, 5.74) is 4.56. The second-order valence-electron chi connectivity index (χ2n) is 11.0. The number of piperazine rings is 1. The van der Waals surface area contributed by atoms with Crippen LogP contribution in [-0.4, -0.2) is 67.1 Å². The fourth-order valence-corrected chi connectivity index (χ4v) is 6.73. The van der Waals surface area contributed by atoms with Crippen LogP contribution in [0.5, 0.6) is 11.5 Å². The van der Waals surface area contributed by atoms with Crippen LogP contribution in [0.3, 0.4) is 0 Å². The average molecular weight is 594 g/mol. The monoisotopic (exact) mass is 593 g/mol. The van der Waals surface area contributed by atoms with Crippen LogP contribution in [0, 0.1) is 5.82 Å². The van der Waals surface area contributed by atoms with Gasteiger partial charge in [-0.3, -0.25) is 19.7 Å². The Morgan fingerprint density at radius 3 is 2.30 bits per heavy atom. The van der Waals surface area contributed by atoms with E-state index in [2.05, 4.69) is 52.2 Å². The van der Waals surface area contributed by atoms with E-state index in [4.69, 9.17) is 4.74 Å². The number of hydrogen-bond acceptors (Lipinski definition) is 6. The molecule has 2 aliphatic heterocycles. The van der Waals surface area contributed by atoms with E-state index in [1.165, 1.54) is 11.6 Å². The number of nitrogens with zero attached hydrogens (tertiary/aromatic N) is 5. The molecule has 3 aromatic carbocycles. The van der Waals surface area contributed by atoms with Crippen LogP contribution in [0.15, 0.2) is 91.1 Å². The number of rotatable bonds is 7. The lowest BCUT2D eigenvalue weighted by Gasteiger charge is -2.32. The standard InChI is InChI=1S/C34H32FN5O2S/c1-37-15-17-38(18-16-37)23-24-7-9-25(10-8-24)32-22-29-33(43-32)31(13-14-36-29)42-30-12-11-27(21-28(30)35)40-20-19-39(34(40)41)26-5-3-2-4-6-26/h2-14,21-22H,15-20,23H2,1H3. The maximum absolute atomic E-state index is 15.3. The van der Waals surface area contributed by atoms with Crippen molar-refractivity contribution in [1.82, 2.24) is 14.8 Å². The first-order valence-corrected chi connectivity index (χ1v) is 15.3. The molecule has 0 bridgehead atoms. The minimum atomic E-state index is -0.527. The molecule has 218 valence electrons. The summed E-state index contributed by atoms with van der Waals surface area (Å²) in [7, 11) is 2.17. The molecule has 2 saturated heterocycles. The second-order valence-corrected chi connectivity index (χ2v) is 12.1. The summed E-state index contributed by atoms with van der Waals surface area (Å²) >= 11 is 1.58. The molecule has 4 heterocycles. The van der Waals surface area contributed by atoms with Gasteiger partial charge in [0.25, 0.3) is 0 Å². The van der Waals surface area contributed by atoms with Gasteiger partial charge in [0, 0.05) is 80.4 Å². The molecule has 7 rings (SSSR count). The van der Waals surface area contributed by atoms with Crippen LogP contribution < -0.4 is 14.5 Å². The first-order chi connectivity index (χ1) is 21.0. The van der Waals surface area contributed by atoms with Crippen LogP contribution in [0.4, 0.5) is 20.6 Å². The molecule has 2 aromatic heterocycles. The van der Waals surface area contributed by atoms with Gasteiger partial charge >= 0.3 is 6.03 Å². The topological polar surface area (TPSA) is 52.2 Å². The lowest BCUT2D eigenvalue weighted by Crippen LogP contribution is -2.43. The van der Waals surface area contributed by atoms with Crippen LogP contribution in [-0.2, 0) is 6.54 Å². The number of carbonyl (C=O) groups is 1. The van der Waals surface area contributed by atoms with Crippen molar-refractivity contribution in [2.75, 3.05) is 56.1 Å². The Kier molecular flexibility index (Phi) is 7.52. The zero-order valence-electron chi connectivity index (χ0n) is 23.9. The maximum Gasteiger partial charge on any atom is 0.329 e. The quantitative estimate of drug-likeness (QED) is 0.202. The summed E-state index contributed by atoms with van der Waals surface area (Å²) in [5, 5.41) is 0. The van der Waals surface area contributed by atoms with E-state index >= 15 is 4.39 Å². The van der Waals surface area contributed by atoms with E-state index in [1.807, 2.05) is 30.3 Å². The van der Waals surface area contributed by atoms with Crippen LogP contribution in [0.1, 0.15) is 5.56 Å². The Balaban J connectivity index is 1.06. The lowest BCUT2D eigenvalue weighted by atomic mass is 10.1. The predicted octanol–water partition coefficient (Wildman–Crippen LogP) is 7.09. The van der Waals surface area contributed by atoms with E-state index in [0.29, 0.717) is 24.5 Å². The molecule has 0 saturated carbocycles. The Morgan fingerprint density at radius 1 is 0.814 bits per heavy atom. The van der Waals surface area contributed by atoms with Crippen molar-refractivity contribution >= 4 is 39.0 Å². The first-order valence-electron chi connectivity index (χ1n) is 14.5. The number of anilines is 2. The highest BCUT2D eigenvalue weighted by molar-refractivity contribution is 7.22. The van der Waals surface area contributed by atoms with E-state index in [1.54, 1.807) is 45.5 Å². The van der Waals surface area contributed by atoms with Gasteiger partial charge in [0.15, 0.2) is 11.6 Å². The molecule has 2 aliphatic rings. The summed E-state index contributed by atoms with van der Waals surface area (Å²) in [4.78, 5) is 26.8. The van der Waals surface area contributed by atoms with Gasteiger partial charge in [0.05, 0.1) is 10.2 Å². The van der Waals surface area contributed by atoms with Crippen molar-refractivity contribution in [1.29, 1.82) is 0 Å². The number of carbonyl (C=O) groups excluding carboxylic acids is 1. The summed E-state index contributed by atoms with van der Waals surface area (Å²) in [6.07, 6.45) is 1.68. The maximum atomic E-state index is 15.3. The minimum Gasteiger partial charge on any atom is -0.453 e. The smallest absolute Gasteiger partial charge is 0.329 e. The molecule has 2 amide bonds. The number of urea groups is 1. The third kappa shape index (κ3) is 5.71. The highest BCUT2D eigenvalue weighted by Crippen LogP contribution is 2.40. The van der Waals surface area contributed by atoms with Crippen LogP contribution in [0.2, 0.25) is 0 Å². The van der Waals surface area contributed by atoms with Crippen molar-refractivity contribution in [3.63, 3.8) is 0 Å². The Labute approximate surface area is 254 Å². The molecular formula is C34H32FN5O2S. The number of fused-ring (bicyclic) bond motifs is 1. The van der Waals surface area contributed by atoms with Gasteiger partial charge in [-0.25, -0.2) is 9.18 Å². The number of amides is 2. The Bertz CT molecular complexity index is 1750. The van der Waals surface area contributed by atoms with E-state index in [0.717, 1.165) is 59.1 Å². The number of halogens is 1. The molecule has 5 aromatic rings. The number of benzene rings is 3. The molecule has 43 heavy (non-hydrogen) atoms. The SMILES string of the molecule is CN1CCN(Cc2ccc(-c3cc4nccc(Oc5ccc(N6CCN(c7ccccc7)C6=O)cc5F)c4s3)cc2)CC1. The summed E-state index contributed by atoms with van der Waals surface area (Å²) in [5.74, 6) is 0.124. The average Bonchev–Trinajstić information content (AvgIpc) is 3.64. The number of hydrogen-bond donors (Lipinski definition) is 0. The molecule has 0 spiro atoms. The lowest BCUT2D eigenvalue weighted by molar-refractivity contribution is 0.148. The van der Waals surface area contributed by atoms with Crippen molar-refractivity contribution in [2.24, 2.45) is 0 Å². The fraction of sp³-hybridized carbons (Fsp3) is 0.235. The fourth-order valence-electron chi connectivity index (χ4n) is 5.66. The summed E-state index contributed by atoms with van der Waals surface area (Å²) in [6.45, 7) is 6.38. The molecule has 0 unspecified atom stereocenters. The molecule has 0 aliphatic carbocycles. The molecule has 0 atom stereocenters. The number of ether oxygens (including phenoxy) is 1. The number of para-hydroxylation sites is 1. The number of pyridine rings is 1. The molecule has 0 radical (unpaired) electrons. The van der Waals surface area contributed by atoms with Crippen LogP contribution >= 0.6 is 11.3 Å². The molecule has 0 N–H and O–H groups in total. The minimum absolute atomic E-state index is 0.103. The summed E-state index contributed by atoms with van der Waals surface area (Å²) < 4.78 is 22.3. The number of thiophene rings is 1. The summed E-state index contributed by atoms with van der Waals surface area (Å²) in [6, 6.07) is 26.5. The van der Waals surface area contributed by atoms with Gasteiger partial charge in [-0.1, -0.05) is 42.5 Å². The van der Waals surface area contributed by atoms with Crippen molar-refractivity contribution < 1.29 is 13.9 Å². The Hall–Kier alpha value is -4.31. The van der Waals surface area contributed by atoms with E-state index < -0.39 is 5.82 Å². The van der Waals surface area contributed by atoms with Crippen molar-refractivity contribution in [2.45, 2.75) is 6.54 Å². The number of likely N-dealkylation sites (N-methyl/N-ethyl adjacent to an activating group) is 1. The Morgan fingerprint density at radius 2 is 1.56 bits per heavy atom. The van der Waals surface area contributed by atoms with E-state index in [-0.39, 0.29) is 11.8 Å². The third-order valence-electron chi connectivity index (χ3n) is 8.14. The van der Waals surface area contributed by atoms with Gasteiger partial charge in [-0.05, 0) is 48.5 Å². The molecular weight excluding hydrogens is 561 g/mol. The first kappa shape index (κ1) is 27.5.